The van der Waals surface area contributed by atoms with Crippen molar-refractivity contribution in [1.29, 1.82) is 0 Å². The summed E-state index contributed by atoms with van der Waals surface area (Å²) in [5.41, 5.74) is 1.46. The Morgan fingerprint density at radius 2 is 2.08 bits per heavy atom. The molecule has 72 valence electrons. The van der Waals surface area contributed by atoms with Crippen LogP contribution in [0.2, 0.25) is 0 Å². The number of rotatable bonds is 4. The van der Waals surface area contributed by atoms with Crippen molar-refractivity contribution in [2.75, 3.05) is 0 Å². The molecule has 0 spiro atoms. The summed E-state index contributed by atoms with van der Waals surface area (Å²) in [5, 5.41) is 0. The van der Waals surface area contributed by atoms with Crippen LogP contribution in [-0.2, 0) is 13.0 Å². The molecule has 0 aliphatic heterocycles. The number of hydrogen-bond donors (Lipinski definition) is 0. The minimum absolute atomic E-state index is 0.797. The van der Waals surface area contributed by atoms with Crippen LogP contribution in [-0.4, -0.2) is 0 Å². The van der Waals surface area contributed by atoms with Crippen LogP contribution in [0.3, 0.4) is 0 Å². The monoisotopic (exact) mass is 178 g/mol. The topological polar surface area (TPSA) is 3.88 Å². The van der Waals surface area contributed by atoms with E-state index in [0.717, 1.165) is 12.5 Å². The number of nitrogens with zero attached hydrogens (tertiary/aromatic N) is 1. The van der Waals surface area contributed by atoms with Crippen molar-refractivity contribution < 1.29 is 4.57 Å². The molecule has 1 aromatic rings. The number of aromatic nitrogens is 1. The fourth-order valence-corrected chi connectivity index (χ4v) is 1.48. The predicted molar refractivity (Wildman–Crippen MR) is 55.5 cm³/mol. The quantitative estimate of drug-likeness (QED) is 0.624. The molecule has 0 radical (unpaired) electrons. The second kappa shape index (κ2) is 5.00. The molecule has 0 aliphatic carbocycles. The fraction of sp³-hybridized carbons (Fsp3) is 0.583. The van der Waals surface area contributed by atoms with Gasteiger partial charge in [-0.15, -0.1) is 0 Å². The van der Waals surface area contributed by atoms with Crippen molar-refractivity contribution in [2.45, 2.75) is 40.2 Å². The summed E-state index contributed by atoms with van der Waals surface area (Å²) in [6, 6.07) is 6.45. The van der Waals surface area contributed by atoms with Crippen molar-refractivity contribution in [3.8, 4) is 0 Å². The van der Waals surface area contributed by atoms with Crippen LogP contribution in [0.15, 0.2) is 24.4 Å². The van der Waals surface area contributed by atoms with Crippen LogP contribution >= 0.6 is 0 Å². The molecule has 0 aromatic carbocycles. The van der Waals surface area contributed by atoms with E-state index < -0.39 is 0 Å². The van der Waals surface area contributed by atoms with Gasteiger partial charge in [0.25, 0.3) is 0 Å². The van der Waals surface area contributed by atoms with Gasteiger partial charge in [-0.3, -0.25) is 0 Å². The Balaban J connectivity index is 2.64. The standard InChI is InChI=1S/C12H20N/c1-4-13-10-6-5-7-12(13)9-8-11(2)3/h5-7,10-11H,4,8-9H2,1-3H3/q+1. The minimum Gasteiger partial charge on any atom is -0.203 e. The molecule has 1 heterocycles. The minimum atomic E-state index is 0.797. The van der Waals surface area contributed by atoms with E-state index in [4.69, 9.17) is 0 Å². The van der Waals surface area contributed by atoms with Gasteiger partial charge in [-0.1, -0.05) is 19.9 Å². The van der Waals surface area contributed by atoms with Crippen molar-refractivity contribution in [3.63, 3.8) is 0 Å². The zero-order valence-electron chi connectivity index (χ0n) is 8.96. The van der Waals surface area contributed by atoms with Gasteiger partial charge in [0, 0.05) is 18.6 Å². The van der Waals surface area contributed by atoms with Crippen molar-refractivity contribution in [2.24, 2.45) is 5.92 Å². The Labute approximate surface area is 81.4 Å². The SMILES string of the molecule is CC[n+]1ccccc1CCC(C)C. The molecule has 0 bridgehead atoms. The summed E-state index contributed by atoms with van der Waals surface area (Å²) in [7, 11) is 0. The summed E-state index contributed by atoms with van der Waals surface area (Å²) >= 11 is 0. The maximum Gasteiger partial charge on any atom is 0.181 e. The Bertz CT molecular complexity index is 253. The predicted octanol–water partition coefficient (Wildman–Crippen LogP) is 2.58. The van der Waals surface area contributed by atoms with Crippen LogP contribution in [0.25, 0.3) is 0 Å². The molecule has 0 amide bonds. The zero-order valence-corrected chi connectivity index (χ0v) is 8.96. The number of hydrogen-bond acceptors (Lipinski definition) is 0. The molecule has 0 N–H and O–H groups in total. The molecule has 0 aliphatic rings. The van der Waals surface area contributed by atoms with Crippen LogP contribution in [0.5, 0.6) is 0 Å². The third kappa shape index (κ3) is 3.17. The molecule has 1 nitrogen and oxygen atoms in total. The van der Waals surface area contributed by atoms with Crippen molar-refractivity contribution in [1.82, 2.24) is 0 Å². The van der Waals surface area contributed by atoms with E-state index in [1.54, 1.807) is 0 Å². The van der Waals surface area contributed by atoms with Gasteiger partial charge in [-0.05, 0) is 19.3 Å². The normalized spacial score (nSPS) is 10.8. The summed E-state index contributed by atoms with van der Waals surface area (Å²) < 4.78 is 2.32. The zero-order chi connectivity index (χ0) is 9.68. The highest BCUT2D eigenvalue weighted by molar-refractivity contribution is 4.97. The van der Waals surface area contributed by atoms with Crippen molar-refractivity contribution in [3.05, 3.63) is 30.1 Å². The molecule has 1 rings (SSSR count). The van der Waals surface area contributed by atoms with Gasteiger partial charge in [0.1, 0.15) is 6.54 Å². The molecule has 0 saturated carbocycles. The van der Waals surface area contributed by atoms with Gasteiger partial charge in [-0.25, -0.2) is 4.57 Å². The summed E-state index contributed by atoms with van der Waals surface area (Å²) in [6.45, 7) is 7.82. The lowest BCUT2D eigenvalue weighted by molar-refractivity contribution is -0.700. The van der Waals surface area contributed by atoms with E-state index in [0.29, 0.717) is 0 Å². The lowest BCUT2D eigenvalue weighted by Crippen LogP contribution is -2.36. The Kier molecular flexibility index (Phi) is 3.94. The van der Waals surface area contributed by atoms with Gasteiger partial charge >= 0.3 is 0 Å². The third-order valence-corrected chi connectivity index (χ3v) is 2.35. The van der Waals surface area contributed by atoms with Crippen LogP contribution < -0.4 is 4.57 Å². The lowest BCUT2D eigenvalue weighted by atomic mass is 10.1. The number of pyridine rings is 1. The van der Waals surface area contributed by atoms with E-state index in [2.05, 4.69) is 49.7 Å². The maximum absolute atomic E-state index is 2.32. The van der Waals surface area contributed by atoms with E-state index in [1.807, 2.05) is 0 Å². The van der Waals surface area contributed by atoms with Gasteiger partial charge in [-0.2, -0.15) is 0 Å². The lowest BCUT2D eigenvalue weighted by Gasteiger charge is -2.03. The van der Waals surface area contributed by atoms with E-state index in [1.165, 1.54) is 18.5 Å². The molecule has 1 heteroatoms. The Morgan fingerprint density at radius 3 is 2.69 bits per heavy atom. The first kappa shape index (κ1) is 10.2. The van der Waals surface area contributed by atoms with Crippen LogP contribution in [0, 0.1) is 5.92 Å². The summed E-state index contributed by atoms with van der Waals surface area (Å²) in [5.74, 6) is 0.797. The van der Waals surface area contributed by atoms with Gasteiger partial charge < -0.3 is 0 Å². The third-order valence-electron chi connectivity index (χ3n) is 2.35. The first-order chi connectivity index (χ1) is 6.24. The van der Waals surface area contributed by atoms with E-state index in [9.17, 15) is 0 Å². The highest BCUT2D eigenvalue weighted by Crippen LogP contribution is 2.04. The maximum atomic E-state index is 2.32. The Morgan fingerprint density at radius 1 is 1.31 bits per heavy atom. The molecular formula is C12H20N+. The van der Waals surface area contributed by atoms with Crippen LogP contribution in [0.4, 0.5) is 0 Å². The summed E-state index contributed by atoms with van der Waals surface area (Å²) in [6.07, 6.45) is 4.64. The second-order valence-electron chi connectivity index (χ2n) is 3.91. The van der Waals surface area contributed by atoms with Gasteiger partial charge in [0.15, 0.2) is 11.9 Å². The molecule has 0 fully saturated rings. The second-order valence-corrected chi connectivity index (χ2v) is 3.91. The summed E-state index contributed by atoms with van der Waals surface area (Å²) in [4.78, 5) is 0. The van der Waals surface area contributed by atoms with E-state index >= 15 is 0 Å². The molecule has 0 saturated heterocycles. The van der Waals surface area contributed by atoms with Crippen molar-refractivity contribution >= 4 is 0 Å². The highest BCUT2D eigenvalue weighted by atomic mass is 14.9. The van der Waals surface area contributed by atoms with E-state index in [-0.39, 0.29) is 0 Å². The molecule has 1 aromatic heterocycles. The average molecular weight is 178 g/mol. The average Bonchev–Trinajstić information content (AvgIpc) is 2.15. The molecule has 0 unspecified atom stereocenters. The molecular weight excluding hydrogens is 158 g/mol. The number of aryl methyl sites for hydroxylation is 2. The highest BCUT2D eigenvalue weighted by Gasteiger charge is 2.07. The van der Waals surface area contributed by atoms with Gasteiger partial charge in [0.2, 0.25) is 0 Å². The first-order valence-corrected chi connectivity index (χ1v) is 5.21. The molecule has 0 atom stereocenters. The smallest absolute Gasteiger partial charge is 0.181 e. The first-order valence-electron chi connectivity index (χ1n) is 5.21. The van der Waals surface area contributed by atoms with Gasteiger partial charge in [0.05, 0.1) is 0 Å². The largest absolute Gasteiger partial charge is 0.203 e. The Hall–Kier alpha value is -0.850. The molecule has 13 heavy (non-hydrogen) atoms. The van der Waals surface area contributed by atoms with Crippen LogP contribution in [0.1, 0.15) is 32.9 Å². The fourth-order valence-electron chi connectivity index (χ4n) is 1.48.